The van der Waals surface area contributed by atoms with E-state index in [9.17, 15) is 26.9 Å². The zero-order valence-electron chi connectivity index (χ0n) is 15.6. The van der Waals surface area contributed by atoms with Crippen LogP contribution in [0.3, 0.4) is 0 Å². The third-order valence-electron chi connectivity index (χ3n) is 4.54. The second-order valence-electron chi connectivity index (χ2n) is 6.72. The van der Waals surface area contributed by atoms with E-state index in [1.807, 2.05) is 0 Å². The molecular weight excluding hydrogens is 460 g/mol. The summed E-state index contributed by atoms with van der Waals surface area (Å²) < 4.78 is 66.1. The summed E-state index contributed by atoms with van der Waals surface area (Å²) in [6.45, 7) is 0.271. The van der Waals surface area contributed by atoms with Gasteiger partial charge in [0.2, 0.25) is 0 Å². The zero-order chi connectivity index (χ0) is 22.3. The molecule has 0 radical (unpaired) electrons. The molecule has 0 N–H and O–H groups in total. The van der Waals surface area contributed by atoms with Crippen molar-refractivity contribution < 1.29 is 26.9 Å². The van der Waals surface area contributed by atoms with Crippen molar-refractivity contribution in [3.8, 4) is 16.9 Å². The first-order valence-corrected chi connectivity index (χ1v) is 10.7. The molecule has 162 valence electrons. The Kier molecular flexibility index (Phi) is 5.67. The highest BCUT2D eigenvalue weighted by Crippen LogP contribution is 2.31. The fraction of sp³-hybridized carbons (Fsp3) is 0.211. The monoisotopic (exact) mass is 472 g/mol. The Balaban J connectivity index is 1.85. The van der Waals surface area contributed by atoms with Crippen LogP contribution in [0.4, 0.5) is 17.6 Å². The smallest absolute Gasteiger partial charge is 0.433 e. The molecule has 4 rings (SSSR count). The molecule has 0 bridgehead atoms. The van der Waals surface area contributed by atoms with Gasteiger partial charge in [-0.1, -0.05) is 11.6 Å². The number of amides is 1. The van der Waals surface area contributed by atoms with Gasteiger partial charge in [0.05, 0.1) is 17.9 Å². The van der Waals surface area contributed by atoms with Gasteiger partial charge in [-0.25, -0.2) is 9.07 Å². The van der Waals surface area contributed by atoms with Gasteiger partial charge >= 0.3 is 6.18 Å². The minimum absolute atomic E-state index is 0.0262. The molecule has 1 fully saturated rings. The normalized spacial score (nSPS) is 16.7. The highest BCUT2D eigenvalue weighted by molar-refractivity contribution is 7.91. The van der Waals surface area contributed by atoms with Crippen LogP contribution in [0.2, 0.25) is 5.02 Å². The summed E-state index contributed by atoms with van der Waals surface area (Å²) in [5.74, 6) is -0.819. The lowest BCUT2D eigenvalue weighted by molar-refractivity contribution is -0.141. The van der Waals surface area contributed by atoms with E-state index in [2.05, 4.69) is 10.1 Å². The molecule has 1 saturated heterocycles. The van der Waals surface area contributed by atoms with Crippen LogP contribution < -0.4 is 0 Å². The first-order chi connectivity index (χ1) is 14.6. The maximum Gasteiger partial charge on any atom is 0.433 e. The zero-order valence-corrected chi connectivity index (χ0v) is 17.1. The van der Waals surface area contributed by atoms with E-state index < -0.39 is 34.8 Å². The highest BCUT2D eigenvalue weighted by atomic mass is 35.5. The number of hydrogen-bond acceptors (Lipinski definition) is 4. The fourth-order valence-electron chi connectivity index (χ4n) is 3.13. The van der Waals surface area contributed by atoms with Crippen molar-refractivity contribution in [2.45, 2.75) is 6.18 Å². The number of hydrogen-bond donors (Lipinski definition) is 0. The molecule has 3 aromatic rings. The van der Waals surface area contributed by atoms with Crippen LogP contribution in [-0.4, -0.2) is 48.3 Å². The number of halogens is 5. The van der Waals surface area contributed by atoms with E-state index in [-0.39, 0.29) is 40.1 Å². The molecule has 0 aliphatic carbocycles. The SMILES string of the molecule is O=C(c1cc(-c2cc(F)cc(Cl)c2)n(-c2ccnc(C(F)(F)F)c2)n1)N1CC[S+]([O-])C1. The molecular formula is C19H13ClF4N4O2S. The van der Waals surface area contributed by atoms with Crippen LogP contribution >= 0.6 is 11.6 Å². The first kappa shape index (κ1) is 21.6. The standard InChI is InChI=1S/C19H13ClF4N4O2S/c20-12-5-11(6-13(21)7-12)16-9-15(18(29)27-3-4-31(30)10-27)26-28(16)14-1-2-25-17(8-14)19(22,23)24/h1-2,5-9H,3-4,10H2. The van der Waals surface area contributed by atoms with Gasteiger partial charge in [0.25, 0.3) is 5.91 Å². The summed E-state index contributed by atoms with van der Waals surface area (Å²) >= 11 is 4.77. The van der Waals surface area contributed by atoms with Crippen molar-refractivity contribution in [2.24, 2.45) is 0 Å². The Morgan fingerprint density at radius 1 is 1.19 bits per heavy atom. The summed E-state index contributed by atoms with van der Waals surface area (Å²) in [6, 6.07) is 7.00. The molecule has 6 nitrogen and oxygen atoms in total. The summed E-state index contributed by atoms with van der Waals surface area (Å²) in [4.78, 5) is 17.5. The lowest BCUT2D eigenvalue weighted by Crippen LogP contribution is -2.29. The summed E-state index contributed by atoms with van der Waals surface area (Å²) in [5, 5.41) is 4.24. The Morgan fingerprint density at radius 3 is 2.61 bits per heavy atom. The number of aromatic nitrogens is 3. The molecule has 0 saturated carbocycles. The average molecular weight is 473 g/mol. The number of nitrogens with zero attached hydrogens (tertiary/aromatic N) is 4. The Bertz CT molecular complexity index is 1130. The van der Waals surface area contributed by atoms with Crippen molar-refractivity contribution in [2.75, 3.05) is 18.2 Å². The molecule has 31 heavy (non-hydrogen) atoms. The van der Waals surface area contributed by atoms with E-state index in [4.69, 9.17) is 11.6 Å². The molecule has 1 unspecified atom stereocenters. The van der Waals surface area contributed by atoms with E-state index in [1.54, 1.807) is 0 Å². The lowest BCUT2D eigenvalue weighted by atomic mass is 10.1. The van der Waals surface area contributed by atoms with E-state index in [0.717, 1.165) is 29.1 Å². The number of alkyl halides is 3. The number of carbonyl (C=O) groups is 1. The lowest BCUT2D eigenvalue weighted by Gasteiger charge is -2.11. The quantitative estimate of drug-likeness (QED) is 0.428. The summed E-state index contributed by atoms with van der Waals surface area (Å²) in [5.41, 5.74) is -0.885. The van der Waals surface area contributed by atoms with E-state index >= 15 is 0 Å². The number of carbonyl (C=O) groups excluding carboxylic acids is 1. The third kappa shape index (κ3) is 4.53. The minimum Gasteiger partial charge on any atom is -0.615 e. The molecule has 12 heteroatoms. The molecule has 1 amide bonds. The van der Waals surface area contributed by atoms with Gasteiger partial charge in [-0.3, -0.25) is 14.7 Å². The Hall–Kier alpha value is -2.63. The van der Waals surface area contributed by atoms with Crippen LogP contribution in [0.15, 0.2) is 42.6 Å². The van der Waals surface area contributed by atoms with Gasteiger partial charge in [0.15, 0.2) is 11.6 Å². The Morgan fingerprint density at radius 2 is 1.97 bits per heavy atom. The van der Waals surface area contributed by atoms with Crippen LogP contribution in [0.1, 0.15) is 16.2 Å². The largest absolute Gasteiger partial charge is 0.615 e. The van der Waals surface area contributed by atoms with Crippen LogP contribution in [0, 0.1) is 5.82 Å². The van der Waals surface area contributed by atoms with Gasteiger partial charge in [-0.2, -0.15) is 18.3 Å². The van der Waals surface area contributed by atoms with E-state index in [0.29, 0.717) is 5.75 Å². The van der Waals surface area contributed by atoms with Crippen LogP contribution in [0.25, 0.3) is 16.9 Å². The summed E-state index contributed by atoms with van der Waals surface area (Å²) in [7, 11) is 0. The molecule has 1 atom stereocenters. The number of rotatable bonds is 3. The minimum atomic E-state index is -4.69. The summed E-state index contributed by atoms with van der Waals surface area (Å²) in [6.07, 6.45) is -3.73. The first-order valence-electron chi connectivity index (χ1n) is 8.86. The van der Waals surface area contributed by atoms with E-state index in [1.165, 1.54) is 23.1 Å². The number of pyridine rings is 1. The van der Waals surface area contributed by atoms with Crippen molar-refractivity contribution in [1.82, 2.24) is 19.7 Å². The van der Waals surface area contributed by atoms with Crippen molar-refractivity contribution >= 4 is 28.7 Å². The van der Waals surface area contributed by atoms with Crippen molar-refractivity contribution in [3.63, 3.8) is 0 Å². The van der Waals surface area contributed by atoms with Gasteiger partial charge in [0, 0.05) is 16.8 Å². The molecule has 2 aromatic heterocycles. The second-order valence-corrected chi connectivity index (χ2v) is 8.71. The van der Waals surface area contributed by atoms with Crippen LogP contribution in [0.5, 0.6) is 0 Å². The van der Waals surface area contributed by atoms with Gasteiger partial charge in [-0.15, -0.1) is 0 Å². The molecule has 1 aromatic carbocycles. The van der Waals surface area contributed by atoms with Crippen LogP contribution in [-0.2, 0) is 17.4 Å². The number of benzene rings is 1. The van der Waals surface area contributed by atoms with Gasteiger partial charge in [-0.05, 0) is 47.6 Å². The predicted octanol–water partition coefficient (Wildman–Crippen LogP) is 3.91. The topological polar surface area (TPSA) is 74.1 Å². The Labute approximate surface area is 181 Å². The molecule has 0 spiro atoms. The predicted molar refractivity (Wildman–Crippen MR) is 106 cm³/mol. The van der Waals surface area contributed by atoms with Gasteiger partial charge in [0.1, 0.15) is 17.3 Å². The maximum atomic E-state index is 13.9. The molecule has 1 aliphatic heterocycles. The second kappa shape index (κ2) is 8.13. The fourth-order valence-corrected chi connectivity index (χ4v) is 4.50. The molecule has 3 heterocycles. The van der Waals surface area contributed by atoms with Gasteiger partial charge < -0.3 is 4.55 Å². The van der Waals surface area contributed by atoms with Crippen molar-refractivity contribution in [1.29, 1.82) is 0 Å². The molecule has 1 aliphatic rings. The third-order valence-corrected chi connectivity index (χ3v) is 6.00. The van der Waals surface area contributed by atoms with Crippen molar-refractivity contribution in [3.05, 3.63) is 64.8 Å². The maximum absolute atomic E-state index is 13.9. The average Bonchev–Trinajstić information content (AvgIpc) is 3.33. The highest BCUT2D eigenvalue weighted by Gasteiger charge is 2.34.